The molecule has 1 heterocycles. The van der Waals surface area contributed by atoms with Gasteiger partial charge in [0.2, 0.25) is 0 Å². The van der Waals surface area contributed by atoms with Crippen molar-refractivity contribution < 1.29 is 18.6 Å². The minimum absolute atomic E-state index is 0.159. The number of amides is 1. The van der Waals surface area contributed by atoms with Gasteiger partial charge in [-0.05, 0) is 38.6 Å². The van der Waals surface area contributed by atoms with Crippen LogP contribution in [0, 0.1) is 0 Å². The van der Waals surface area contributed by atoms with Crippen LogP contribution in [0.25, 0.3) is 0 Å². The summed E-state index contributed by atoms with van der Waals surface area (Å²) in [6, 6.07) is 0. The summed E-state index contributed by atoms with van der Waals surface area (Å²) < 4.78 is 24.7. The summed E-state index contributed by atoms with van der Waals surface area (Å²) in [7, 11) is 0. The second-order valence-electron chi connectivity index (χ2n) is 4.89. The Morgan fingerprint density at radius 2 is 2.17 bits per heavy atom. The molecule has 1 aliphatic rings. The number of hydrogen-bond donors (Lipinski definition) is 0. The van der Waals surface area contributed by atoms with Crippen LogP contribution in [0.4, 0.5) is 4.79 Å². The van der Waals surface area contributed by atoms with Crippen molar-refractivity contribution >= 4 is 24.2 Å². The van der Waals surface area contributed by atoms with E-state index in [0.29, 0.717) is 6.61 Å². The molecular weight excluding hydrogens is 273 g/mol. The first-order chi connectivity index (χ1) is 8.27. The number of cyclic esters (lactones) is 1. The van der Waals surface area contributed by atoms with E-state index in [4.69, 9.17) is 9.26 Å². The van der Waals surface area contributed by atoms with Gasteiger partial charge < -0.3 is 9.26 Å². The lowest BCUT2D eigenvalue weighted by atomic mass is 10.1. The molecule has 0 aromatic rings. The van der Waals surface area contributed by atoms with E-state index in [1.807, 2.05) is 27.7 Å². The maximum atomic E-state index is 13.0. The van der Waals surface area contributed by atoms with Crippen LogP contribution >= 0.6 is 18.1 Å². The third kappa shape index (κ3) is 3.22. The molecule has 0 aromatic carbocycles. The molecule has 0 spiro atoms. The van der Waals surface area contributed by atoms with E-state index in [0.717, 1.165) is 6.42 Å². The van der Waals surface area contributed by atoms with Crippen LogP contribution in [-0.4, -0.2) is 34.8 Å². The molecule has 18 heavy (non-hydrogen) atoms. The summed E-state index contributed by atoms with van der Waals surface area (Å²) in [5.74, 6) is 0. The van der Waals surface area contributed by atoms with Gasteiger partial charge in [-0.15, -0.1) is 0 Å². The fourth-order valence-corrected chi connectivity index (χ4v) is 7.28. The molecule has 0 radical (unpaired) electrons. The van der Waals surface area contributed by atoms with Crippen molar-refractivity contribution in [2.24, 2.45) is 0 Å². The van der Waals surface area contributed by atoms with E-state index in [-0.39, 0.29) is 11.9 Å². The third-order valence-corrected chi connectivity index (χ3v) is 8.14. The summed E-state index contributed by atoms with van der Waals surface area (Å²) in [6.07, 6.45) is 0.318. The highest BCUT2D eigenvalue weighted by molar-refractivity contribution is 8.56. The highest BCUT2D eigenvalue weighted by Gasteiger charge is 2.52. The van der Waals surface area contributed by atoms with Gasteiger partial charge in [-0.3, -0.25) is 4.57 Å². The molecule has 0 saturated carbocycles. The van der Waals surface area contributed by atoms with E-state index in [2.05, 4.69) is 0 Å². The lowest BCUT2D eigenvalue weighted by Gasteiger charge is -2.34. The number of rotatable bonds is 6. The van der Waals surface area contributed by atoms with Gasteiger partial charge in [0, 0.05) is 5.25 Å². The van der Waals surface area contributed by atoms with Crippen molar-refractivity contribution in [1.29, 1.82) is 0 Å². The first-order valence-corrected chi connectivity index (χ1v) is 9.23. The van der Waals surface area contributed by atoms with E-state index < -0.39 is 18.4 Å². The molecule has 0 N–H and O–H groups in total. The monoisotopic (exact) mass is 295 g/mol. The number of carbonyl (C=O) groups excluding carboxylic acids is 1. The summed E-state index contributed by atoms with van der Waals surface area (Å²) in [5, 5.41) is 0.159. The molecule has 1 saturated heterocycles. The quantitative estimate of drug-likeness (QED) is 0.696. The zero-order valence-electron chi connectivity index (χ0n) is 11.6. The lowest BCUT2D eigenvalue weighted by Crippen LogP contribution is -2.39. The van der Waals surface area contributed by atoms with Gasteiger partial charge in [-0.1, -0.05) is 13.8 Å². The second kappa shape index (κ2) is 5.85. The highest BCUT2D eigenvalue weighted by Crippen LogP contribution is 2.67. The van der Waals surface area contributed by atoms with Gasteiger partial charge >= 0.3 is 12.8 Å². The Hall–Kier alpha value is -0.190. The normalized spacial score (nSPS) is 23.6. The molecule has 0 bridgehead atoms. The SMILES string of the molecule is CCOP(=O)(SC(C)CC)N1C(=O)OCC1(C)C. The van der Waals surface area contributed by atoms with Crippen LogP contribution in [0.15, 0.2) is 0 Å². The van der Waals surface area contributed by atoms with Crippen molar-refractivity contribution in [1.82, 2.24) is 4.67 Å². The van der Waals surface area contributed by atoms with Gasteiger partial charge in [0.25, 0.3) is 0 Å². The van der Waals surface area contributed by atoms with Crippen LogP contribution in [0.5, 0.6) is 0 Å². The Kier molecular flexibility index (Phi) is 5.15. The van der Waals surface area contributed by atoms with E-state index in [9.17, 15) is 9.36 Å². The van der Waals surface area contributed by atoms with Gasteiger partial charge in [0.1, 0.15) is 6.61 Å². The number of hydrogen-bond acceptors (Lipinski definition) is 5. The first-order valence-electron chi connectivity index (χ1n) is 6.17. The Morgan fingerprint density at radius 1 is 1.56 bits per heavy atom. The van der Waals surface area contributed by atoms with E-state index in [1.165, 1.54) is 16.1 Å². The largest absolute Gasteiger partial charge is 0.447 e. The van der Waals surface area contributed by atoms with Crippen LogP contribution in [0.2, 0.25) is 0 Å². The van der Waals surface area contributed by atoms with Crippen LogP contribution in [-0.2, 0) is 13.8 Å². The Labute approximate surface area is 113 Å². The predicted molar refractivity (Wildman–Crippen MR) is 73.8 cm³/mol. The predicted octanol–water partition coefficient (Wildman–Crippen LogP) is 3.89. The van der Waals surface area contributed by atoms with Gasteiger partial charge in [-0.2, -0.15) is 0 Å². The molecule has 1 amide bonds. The van der Waals surface area contributed by atoms with E-state index in [1.54, 1.807) is 6.92 Å². The molecule has 1 aliphatic heterocycles. The van der Waals surface area contributed by atoms with Crippen molar-refractivity contribution in [2.45, 2.75) is 51.8 Å². The molecule has 0 aliphatic carbocycles. The lowest BCUT2D eigenvalue weighted by molar-refractivity contribution is 0.167. The zero-order chi connectivity index (χ0) is 14.0. The third-order valence-electron chi connectivity index (χ3n) is 2.72. The van der Waals surface area contributed by atoms with Crippen LogP contribution in [0.1, 0.15) is 41.0 Å². The molecule has 0 aromatic heterocycles. The van der Waals surface area contributed by atoms with Crippen molar-refractivity contribution in [2.75, 3.05) is 13.2 Å². The number of ether oxygens (including phenoxy) is 1. The van der Waals surface area contributed by atoms with Gasteiger partial charge in [0.15, 0.2) is 0 Å². The summed E-state index contributed by atoms with van der Waals surface area (Å²) >= 11 is 1.23. The second-order valence-corrected chi connectivity index (χ2v) is 9.52. The zero-order valence-corrected chi connectivity index (χ0v) is 13.3. The average Bonchev–Trinajstić information content (AvgIpc) is 2.53. The molecule has 2 unspecified atom stereocenters. The van der Waals surface area contributed by atoms with Crippen LogP contribution in [0.3, 0.4) is 0 Å². The Morgan fingerprint density at radius 3 is 2.56 bits per heavy atom. The van der Waals surface area contributed by atoms with Crippen LogP contribution < -0.4 is 0 Å². The minimum Gasteiger partial charge on any atom is -0.447 e. The first kappa shape index (κ1) is 15.9. The summed E-state index contributed by atoms with van der Waals surface area (Å²) in [5.41, 5.74) is -0.595. The van der Waals surface area contributed by atoms with E-state index >= 15 is 0 Å². The highest BCUT2D eigenvalue weighted by atomic mass is 32.7. The fourth-order valence-electron chi connectivity index (χ4n) is 1.64. The van der Waals surface area contributed by atoms with Crippen molar-refractivity contribution in [3.8, 4) is 0 Å². The molecule has 7 heteroatoms. The number of nitrogens with zero attached hydrogens (tertiary/aromatic N) is 1. The van der Waals surface area contributed by atoms with Gasteiger partial charge in [0.05, 0.1) is 12.1 Å². The Bertz CT molecular complexity index is 361. The maximum Gasteiger partial charge on any atom is 0.418 e. The number of carbonyl (C=O) groups is 1. The maximum absolute atomic E-state index is 13.0. The molecule has 1 fully saturated rings. The van der Waals surface area contributed by atoms with Gasteiger partial charge in [-0.25, -0.2) is 9.46 Å². The fraction of sp³-hybridized carbons (Fsp3) is 0.909. The average molecular weight is 295 g/mol. The summed E-state index contributed by atoms with van der Waals surface area (Å²) in [4.78, 5) is 11.8. The molecule has 106 valence electrons. The standard InChI is InChI=1S/C11H22NO4PS/c1-6-9(3)18-17(14,16-7-2)12-10(13)15-8-11(12,4)5/h9H,6-8H2,1-5H3. The van der Waals surface area contributed by atoms with Crippen molar-refractivity contribution in [3.05, 3.63) is 0 Å². The molecular formula is C11H22NO4PS. The molecule has 1 rings (SSSR count). The molecule has 5 nitrogen and oxygen atoms in total. The topological polar surface area (TPSA) is 55.8 Å². The van der Waals surface area contributed by atoms with Crippen molar-refractivity contribution in [3.63, 3.8) is 0 Å². The molecule has 2 atom stereocenters. The smallest absolute Gasteiger partial charge is 0.418 e. The summed E-state index contributed by atoms with van der Waals surface area (Å²) in [6.45, 7) is 6.74. The minimum atomic E-state index is -3.24. The Balaban J connectivity index is 3.03.